The largest absolute Gasteiger partial charge is 0.393 e. The molecule has 3 heteroatoms. The van der Waals surface area contributed by atoms with Crippen LogP contribution in [0.25, 0.3) is 10.9 Å². The minimum atomic E-state index is -0.726. The molecule has 3 aliphatic carbocycles. The van der Waals surface area contributed by atoms with Crippen LogP contribution in [0.3, 0.4) is 0 Å². The molecule has 1 aromatic heterocycles. The fourth-order valence-electron chi connectivity index (χ4n) is 8.73. The first kappa shape index (κ1) is 21.5. The molecule has 1 aromatic carbocycles. The van der Waals surface area contributed by atoms with Crippen molar-refractivity contribution in [2.45, 2.75) is 90.8 Å². The third kappa shape index (κ3) is 3.06. The summed E-state index contributed by atoms with van der Waals surface area (Å²) in [6.07, 6.45) is 6.35. The summed E-state index contributed by atoms with van der Waals surface area (Å²) >= 11 is 0. The highest BCUT2D eigenvalue weighted by molar-refractivity contribution is 5.80. The van der Waals surface area contributed by atoms with E-state index in [9.17, 15) is 10.2 Å². The van der Waals surface area contributed by atoms with Gasteiger partial charge in [0.05, 0.1) is 11.7 Å². The highest BCUT2D eigenvalue weighted by Crippen LogP contribution is 2.72. The summed E-state index contributed by atoms with van der Waals surface area (Å²) in [6, 6.07) is 10.9. The second-order valence-corrected chi connectivity index (χ2v) is 12.2. The number of aromatic nitrogens is 1. The van der Waals surface area contributed by atoms with Gasteiger partial charge < -0.3 is 15.2 Å². The molecule has 5 rings (SSSR count). The summed E-state index contributed by atoms with van der Waals surface area (Å²) in [7, 11) is 0. The van der Waals surface area contributed by atoms with Crippen molar-refractivity contribution in [3.05, 3.63) is 36.0 Å². The number of para-hydroxylation sites is 1. The first-order valence-electron chi connectivity index (χ1n) is 12.5. The molecule has 0 radical (unpaired) electrons. The number of nitrogens with one attached hydrogen (secondary N) is 1. The molecule has 0 saturated heterocycles. The van der Waals surface area contributed by atoms with Crippen LogP contribution in [0.5, 0.6) is 0 Å². The van der Waals surface area contributed by atoms with Gasteiger partial charge in [0.2, 0.25) is 0 Å². The van der Waals surface area contributed by atoms with E-state index in [1.807, 2.05) is 13.8 Å². The summed E-state index contributed by atoms with van der Waals surface area (Å²) in [5, 5.41) is 23.6. The van der Waals surface area contributed by atoms with E-state index >= 15 is 0 Å². The Morgan fingerprint density at radius 2 is 1.84 bits per heavy atom. The highest BCUT2D eigenvalue weighted by atomic mass is 16.3. The zero-order valence-electron chi connectivity index (χ0n) is 20.0. The van der Waals surface area contributed by atoms with E-state index in [0.717, 1.165) is 25.7 Å². The van der Waals surface area contributed by atoms with Crippen molar-refractivity contribution in [2.24, 2.45) is 34.5 Å². The molecule has 31 heavy (non-hydrogen) atoms. The predicted molar refractivity (Wildman–Crippen MR) is 127 cm³/mol. The van der Waals surface area contributed by atoms with E-state index in [2.05, 4.69) is 56.1 Å². The third-order valence-electron chi connectivity index (χ3n) is 10.4. The van der Waals surface area contributed by atoms with Crippen LogP contribution in [-0.4, -0.2) is 26.9 Å². The first-order valence-corrected chi connectivity index (χ1v) is 12.5. The number of hydrogen-bond donors (Lipinski definition) is 3. The molecular formula is C28H41NO2. The van der Waals surface area contributed by atoms with Gasteiger partial charge in [0.25, 0.3) is 0 Å². The number of aromatic amines is 1. The Balaban J connectivity index is 1.70. The summed E-state index contributed by atoms with van der Waals surface area (Å²) in [5.41, 5.74) is 2.16. The molecule has 3 nitrogen and oxygen atoms in total. The van der Waals surface area contributed by atoms with Crippen LogP contribution >= 0.6 is 0 Å². The Bertz CT molecular complexity index is 924. The van der Waals surface area contributed by atoms with Crippen molar-refractivity contribution in [3.8, 4) is 0 Å². The third-order valence-corrected chi connectivity index (χ3v) is 10.4. The van der Waals surface area contributed by atoms with Crippen LogP contribution in [0.15, 0.2) is 30.3 Å². The topological polar surface area (TPSA) is 56.2 Å². The standard InChI is InChI=1S/C28H41NO2/c1-17-10-12-27(5)18(2)14-20(30)16-28(27)13-11-21(26(3,4)31)24(25(17)28)23-15-19-8-6-7-9-22(19)29-23/h6-9,15,17-18,20-21,24-25,29-31H,10-14,16H2,1-5H3/t17-,18-,20+,21?,24-,25+,27+,28+/m1/s1. The molecule has 1 spiro atoms. The number of aliphatic hydroxyl groups is 2. The molecule has 3 saturated carbocycles. The van der Waals surface area contributed by atoms with E-state index in [1.54, 1.807) is 0 Å². The van der Waals surface area contributed by atoms with E-state index in [1.165, 1.54) is 29.4 Å². The number of benzene rings is 1. The van der Waals surface area contributed by atoms with E-state index < -0.39 is 5.60 Å². The number of hydrogen-bond acceptors (Lipinski definition) is 2. The Morgan fingerprint density at radius 1 is 1.10 bits per heavy atom. The molecule has 2 aromatic rings. The monoisotopic (exact) mass is 423 g/mol. The quantitative estimate of drug-likeness (QED) is 0.534. The van der Waals surface area contributed by atoms with Crippen LogP contribution in [0, 0.1) is 34.5 Å². The average Bonchev–Trinajstić information content (AvgIpc) is 3.12. The summed E-state index contributed by atoms with van der Waals surface area (Å²) in [4.78, 5) is 3.77. The molecule has 0 amide bonds. The lowest BCUT2D eigenvalue weighted by molar-refractivity contribution is -0.211. The zero-order chi connectivity index (χ0) is 22.2. The van der Waals surface area contributed by atoms with Crippen molar-refractivity contribution in [1.29, 1.82) is 0 Å². The maximum atomic E-state index is 11.3. The minimum Gasteiger partial charge on any atom is -0.393 e. The molecule has 1 heterocycles. The highest BCUT2D eigenvalue weighted by Gasteiger charge is 2.66. The second-order valence-electron chi connectivity index (χ2n) is 12.2. The molecule has 3 fully saturated rings. The van der Waals surface area contributed by atoms with Crippen molar-refractivity contribution >= 4 is 10.9 Å². The molecule has 1 unspecified atom stereocenters. The smallest absolute Gasteiger partial charge is 0.0626 e. The normalized spacial score (nSPS) is 43.5. The lowest BCUT2D eigenvalue weighted by Crippen LogP contribution is -2.63. The molecule has 0 aliphatic heterocycles. The fourth-order valence-corrected chi connectivity index (χ4v) is 8.73. The lowest BCUT2D eigenvalue weighted by atomic mass is 9.36. The van der Waals surface area contributed by atoms with Crippen LogP contribution in [0.2, 0.25) is 0 Å². The van der Waals surface area contributed by atoms with Crippen molar-refractivity contribution in [3.63, 3.8) is 0 Å². The number of fused-ring (bicyclic) bond motifs is 1. The predicted octanol–water partition coefficient (Wildman–Crippen LogP) is 6.26. The molecule has 8 atom stereocenters. The molecule has 3 N–H and O–H groups in total. The van der Waals surface area contributed by atoms with Gasteiger partial charge in [0.1, 0.15) is 0 Å². The average molecular weight is 424 g/mol. The van der Waals surface area contributed by atoms with Gasteiger partial charge in [-0.3, -0.25) is 0 Å². The van der Waals surface area contributed by atoms with Crippen molar-refractivity contribution in [1.82, 2.24) is 4.98 Å². The van der Waals surface area contributed by atoms with Gasteiger partial charge in [-0.25, -0.2) is 0 Å². The molecule has 0 bridgehead atoms. The van der Waals surface area contributed by atoms with Crippen LogP contribution in [-0.2, 0) is 0 Å². The fraction of sp³-hybridized carbons (Fsp3) is 0.714. The van der Waals surface area contributed by atoms with Crippen LogP contribution < -0.4 is 0 Å². The van der Waals surface area contributed by atoms with Gasteiger partial charge in [-0.05, 0) is 104 Å². The van der Waals surface area contributed by atoms with Gasteiger partial charge in [0, 0.05) is 17.1 Å². The van der Waals surface area contributed by atoms with Gasteiger partial charge in [-0.2, -0.15) is 0 Å². The zero-order valence-corrected chi connectivity index (χ0v) is 20.0. The maximum absolute atomic E-state index is 11.3. The van der Waals surface area contributed by atoms with Crippen LogP contribution in [0.4, 0.5) is 0 Å². The Kier molecular flexibility index (Phi) is 4.92. The maximum Gasteiger partial charge on any atom is 0.0626 e. The van der Waals surface area contributed by atoms with E-state index in [0.29, 0.717) is 17.8 Å². The molecule has 170 valence electrons. The number of H-pyrrole nitrogens is 1. The van der Waals surface area contributed by atoms with Crippen molar-refractivity contribution < 1.29 is 10.2 Å². The summed E-state index contributed by atoms with van der Waals surface area (Å²) in [5.74, 6) is 2.10. The van der Waals surface area contributed by atoms with E-state index in [4.69, 9.17) is 0 Å². The number of aliphatic hydroxyl groups excluding tert-OH is 1. The Hall–Kier alpha value is -1.32. The SMILES string of the molecule is C[C@@H]1CC[C@@]2(C)[C@H](C)C[C@H](O)C[C@]23CCC(C(C)(C)O)[C@H](c2cc4ccccc4[nH]2)[C@H]13. The van der Waals surface area contributed by atoms with Crippen LogP contribution in [0.1, 0.15) is 84.8 Å². The summed E-state index contributed by atoms with van der Waals surface area (Å²) in [6.45, 7) is 11.4. The van der Waals surface area contributed by atoms with E-state index in [-0.39, 0.29) is 28.8 Å². The minimum absolute atomic E-state index is 0.144. The summed E-state index contributed by atoms with van der Waals surface area (Å²) < 4.78 is 0. The lowest BCUT2D eigenvalue weighted by Gasteiger charge is -2.69. The molecular weight excluding hydrogens is 382 g/mol. The first-order chi connectivity index (χ1) is 14.6. The van der Waals surface area contributed by atoms with Gasteiger partial charge in [-0.1, -0.05) is 39.0 Å². The second kappa shape index (κ2) is 7.09. The number of rotatable bonds is 2. The Labute approximate surface area is 187 Å². The Morgan fingerprint density at radius 3 is 2.55 bits per heavy atom. The molecule has 3 aliphatic rings. The van der Waals surface area contributed by atoms with Crippen molar-refractivity contribution in [2.75, 3.05) is 0 Å². The van der Waals surface area contributed by atoms with Gasteiger partial charge >= 0.3 is 0 Å². The van der Waals surface area contributed by atoms with Gasteiger partial charge in [0.15, 0.2) is 0 Å². The van der Waals surface area contributed by atoms with Gasteiger partial charge in [-0.15, -0.1) is 0 Å².